The zero-order valence-corrected chi connectivity index (χ0v) is 15.2. The SMILES string of the molecule is CCC(C(=O)Nc1ncc(C(=O)NO)s1)c1ccc(-c2cncnc2)cc1. The molecule has 0 saturated heterocycles. The van der Waals surface area contributed by atoms with Crippen molar-refractivity contribution in [3.8, 4) is 11.1 Å². The lowest BCUT2D eigenvalue weighted by molar-refractivity contribution is -0.117. The Labute approximate surface area is 159 Å². The van der Waals surface area contributed by atoms with Crippen molar-refractivity contribution in [2.75, 3.05) is 5.32 Å². The van der Waals surface area contributed by atoms with Gasteiger partial charge in [-0.15, -0.1) is 0 Å². The van der Waals surface area contributed by atoms with Gasteiger partial charge in [0, 0.05) is 18.0 Å². The maximum atomic E-state index is 12.6. The van der Waals surface area contributed by atoms with Gasteiger partial charge in [-0.2, -0.15) is 0 Å². The van der Waals surface area contributed by atoms with Crippen LogP contribution in [-0.4, -0.2) is 32.0 Å². The number of carbonyl (C=O) groups excluding carboxylic acids is 2. The van der Waals surface area contributed by atoms with E-state index in [1.165, 1.54) is 18.0 Å². The summed E-state index contributed by atoms with van der Waals surface area (Å²) in [6.45, 7) is 1.93. The number of hydrogen-bond acceptors (Lipinski definition) is 7. The molecule has 0 spiro atoms. The molecular formula is C18H17N5O3S. The highest BCUT2D eigenvalue weighted by Gasteiger charge is 2.20. The van der Waals surface area contributed by atoms with E-state index in [0.29, 0.717) is 11.6 Å². The standard InChI is InChI=1S/C18H17N5O3S/c1-2-14(16(24)22-18-21-9-15(27-18)17(25)23-26)12-5-3-11(4-6-12)13-7-19-10-20-8-13/h3-10,14,26H,2H2,1H3,(H,23,25)(H,21,22,24). The zero-order chi connectivity index (χ0) is 19.2. The molecule has 0 aliphatic heterocycles. The van der Waals surface area contributed by atoms with Crippen LogP contribution < -0.4 is 10.8 Å². The first-order valence-electron chi connectivity index (χ1n) is 8.18. The Balaban J connectivity index is 1.73. The number of aromatic nitrogens is 3. The Morgan fingerprint density at radius 1 is 1.11 bits per heavy atom. The molecule has 0 aliphatic rings. The first-order chi connectivity index (χ1) is 13.1. The summed E-state index contributed by atoms with van der Waals surface area (Å²) in [6, 6.07) is 7.67. The van der Waals surface area contributed by atoms with E-state index in [2.05, 4.69) is 20.3 Å². The van der Waals surface area contributed by atoms with E-state index in [4.69, 9.17) is 5.21 Å². The lowest BCUT2D eigenvalue weighted by Gasteiger charge is -2.15. The van der Waals surface area contributed by atoms with E-state index >= 15 is 0 Å². The smallest absolute Gasteiger partial charge is 0.286 e. The first-order valence-corrected chi connectivity index (χ1v) is 9.00. The fourth-order valence-corrected chi connectivity index (χ4v) is 3.32. The minimum Gasteiger partial charge on any atom is -0.301 e. The van der Waals surface area contributed by atoms with Crippen LogP contribution in [0.2, 0.25) is 0 Å². The molecule has 3 aromatic rings. The van der Waals surface area contributed by atoms with Crippen molar-refractivity contribution in [1.29, 1.82) is 0 Å². The van der Waals surface area contributed by atoms with Crippen molar-refractivity contribution in [3.63, 3.8) is 0 Å². The van der Waals surface area contributed by atoms with E-state index in [-0.39, 0.29) is 16.7 Å². The highest BCUT2D eigenvalue weighted by molar-refractivity contribution is 7.17. The van der Waals surface area contributed by atoms with Crippen molar-refractivity contribution in [1.82, 2.24) is 20.4 Å². The maximum Gasteiger partial charge on any atom is 0.286 e. The number of anilines is 1. The Kier molecular flexibility index (Phi) is 5.84. The summed E-state index contributed by atoms with van der Waals surface area (Å²) in [5.41, 5.74) is 4.28. The second-order valence-corrected chi connectivity index (χ2v) is 6.70. The number of benzene rings is 1. The highest BCUT2D eigenvalue weighted by Crippen LogP contribution is 2.26. The van der Waals surface area contributed by atoms with Gasteiger partial charge in [-0.1, -0.05) is 42.5 Å². The number of nitrogens with one attached hydrogen (secondary N) is 2. The largest absolute Gasteiger partial charge is 0.301 e. The summed E-state index contributed by atoms with van der Waals surface area (Å²) in [6.07, 6.45) is 6.84. The molecule has 1 unspecified atom stereocenters. The normalized spacial score (nSPS) is 11.6. The summed E-state index contributed by atoms with van der Waals surface area (Å²) in [7, 11) is 0. The van der Waals surface area contributed by atoms with Gasteiger partial charge >= 0.3 is 0 Å². The van der Waals surface area contributed by atoms with Crippen LogP contribution in [0.4, 0.5) is 5.13 Å². The third-order valence-electron chi connectivity index (χ3n) is 3.99. The van der Waals surface area contributed by atoms with E-state index in [1.54, 1.807) is 12.4 Å². The molecule has 0 saturated carbocycles. The van der Waals surface area contributed by atoms with Crippen LogP contribution >= 0.6 is 11.3 Å². The molecular weight excluding hydrogens is 366 g/mol. The van der Waals surface area contributed by atoms with Crippen molar-refractivity contribution < 1.29 is 14.8 Å². The van der Waals surface area contributed by atoms with Crippen molar-refractivity contribution in [2.45, 2.75) is 19.3 Å². The van der Waals surface area contributed by atoms with Crippen molar-refractivity contribution in [3.05, 3.63) is 59.6 Å². The monoisotopic (exact) mass is 383 g/mol. The third kappa shape index (κ3) is 4.33. The quantitative estimate of drug-likeness (QED) is 0.445. The number of hydrogen-bond donors (Lipinski definition) is 3. The van der Waals surface area contributed by atoms with Gasteiger partial charge < -0.3 is 5.32 Å². The molecule has 3 N–H and O–H groups in total. The fraction of sp³-hybridized carbons (Fsp3) is 0.167. The number of amides is 2. The van der Waals surface area contributed by atoms with Crippen LogP contribution in [0.15, 0.2) is 49.2 Å². The minimum atomic E-state index is -0.666. The van der Waals surface area contributed by atoms with E-state index < -0.39 is 5.91 Å². The van der Waals surface area contributed by atoms with Gasteiger partial charge in [0.1, 0.15) is 11.2 Å². The van der Waals surface area contributed by atoms with E-state index in [9.17, 15) is 9.59 Å². The average Bonchev–Trinajstić information content (AvgIpc) is 3.17. The minimum absolute atomic E-state index is 0.204. The molecule has 0 radical (unpaired) electrons. The summed E-state index contributed by atoms with van der Waals surface area (Å²) in [4.78, 5) is 36.2. The molecule has 27 heavy (non-hydrogen) atoms. The molecule has 3 rings (SSSR count). The van der Waals surface area contributed by atoms with Gasteiger partial charge in [0.05, 0.1) is 12.1 Å². The van der Waals surface area contributed by atoms with Crippen LogP contribution in [0.1, 0.15) is 34.5 Å². The van der Waals surface area contributed by atoms with Gasteiger partial charge in [0.25, 0.3) is 5.91 Å². The topological polar surface area (TPSA) is 117 Å². The fourth-order valence-electron chi connectivity index (χ4n) is 2.61. The molecule has 2 amide bonds. The lowest BCUT2D eigenvalue weighted by atomic mass is 9.94. The molecule has 1 aromatic carbocycles. The molecule has 0 bridgehead atoms. The van der Waals surface area contributed by atoms with Gasteiger partial charge in [-0.25, -0.2) is 20.4 Å². The zero-order valence-electron chi connectivity index (χ0n) is 14.4. The number of rotatable bonds is 6. The highest BCUT2D eigenvalue weighted by atomic mass is 32.1. The summed E-state index contributed by atoms with van der Waals surface area (Å²) >= 11 is 0.988. The number of hydroxylamine groups is 1. The number of thiazole rings is 1. The Morgan fingerprint density at radius 3 is 2.44 bits per heavy atom. The predicted molar refractivity (Wildman–Crippen MR) is 100 cm³/mol. The molecule has 9 heteroatoms. The average molecular weight is 383 g/mol. The van der Waals surface area contributed by atoms with Crippen LogP contribution in [0.25, 0.3) is 11.1 Å². The van der Waals surface area contributed by atoms with Gasteiger partial charge in [0.2, 0.25) is 5.91 Å². The summed E-state index contributed by atoms with van der Waals surface area (Å²) < 4.78 is 0. The Hall–Kier alpha value is -3.17. The lowest BCUT2D eigenvalue weighted by Crippen LogP contribution is -2.20. The second kappa shape index (κ2) is 8.47. The predicted octanol–water partition coefficient (Wildman–Crippen LogP) is 2.85. The molecule has 138 valence electrons. The second-order valence-electron chi connectivity index (χ2n) is 5.67. The third-order valence-corrected chi connectivity index (χ3v) is 4.90. The van der Waals surface area contributed by atoms with Crippen LogP contribution in [0, 0.1) is 0 Å². The maximum absolute atomic E-state index is 12.6. The summed E-state index contributed by atoms with van der Waals surface area (Å²) in [5, 5.41) is 11.7. The van der Waals surface area contributed by atoms with E-state index in [0.717, 1.165) is 28.0 Å². The molecule has 8 nitrogen and oxygen atoms in total. The van der Waals surface area contributed by atoms with Crippen LogP contribution in [0.5, 0.6) is 0 Å². The van der Waals surface area contributed by atoms with E-state index in [1.807, 2.05) is 31.2 Å². The number of nitrogens with zero attached hydrogens (tertiary/aromatic N) is 3. The van der Waals surface area contributed by atoms with Crippen molar-refractivity contribution in [2.24, 2.45) is 0 Å². The first kappa shape index (κ1) is 18.6. The molecule has 2 aromatic heterocycles. The molecule has 0 aliphatic carbocycles. The summed E-state index contributed by atoms with van der Waals surface area (Å²) in [5.74, 6) is -1.23. The van der Waals surface area contributed by atoms with Crippen LogP contribution in [0.3, 0.4) is 0 Å². The molecule has 0 fully saturated rings. The number of carbonyl (C=O) groups is 2. The van der Waals surface area contributed by atoms with Gasteiger partial charge in [-0.05, 0) is 17.5 Å². The van der Waals surface area contributed by atoms with Gasteiger partial charge in [0.15, 0.2) is 5.13 Å². The molecule has 2 heterocycles. The van der Waals surface area contributed by atoms with Gasteiger partial charge in [-0.3, -0.25) is 14.8 Å². The Morgan fingerprint density at radius 2 is 1.81 bits per heavy atom. The molecule has 1 atom stereocenters. The Bertz CT molecular complexity index is 928. The van der Waals surface area contributed by atoms with Crippen LogP contribution in [-0.2, 0) is 4.79 Å². The van der Waals surface area contributed by atoms with Crippen molar-refractivity contribution >= 4 is 28.3 Å².